The van der Waals surface area contributed by atoms with Gasteiger partial charge in [0.15, 0.2) is 11.5 Å². The lowest BCUT2D eigenvalue weighted by molar-refractivity contribution is -0.131. The van der Waals surface area contributed by atoms with Gasteiger partial charge in [-0.15, -0.1) is 0 Å². The Kier molecular flexibility index (Phi) is 6.82. The number of nitrogens with zero attached hydrogens (tertiary/aromatic N) is 1. The lowest BCUT2D eigenvalue weighted by atomic mass is 9.98. The minimum absolute atomic E-state index is 0.407. The van der Waals surface area contributed by atoms with Crippen LogP contribution in [0.4, 0.5) is 0 Å². The van der Waals surface area contributed by atoms with Crippen molar-refractivity contribution in [3.63, 3.8) is 0 Å². The predicted molar refractivity (Wildman–Crippen MR) is 116 cm³/mol. The molecule has 3 aromatic rings. The molecule has 7 heteroatoms. The number of hydrogen-bond acceptors (Lipinski definition) is 4. The van der Waals surface area contributed by atoms with Crippen LogP contribution in [0.15, 0.2) is 60.8 Å². The van der Waals surface area contributed by atoms with Crippen molar-refractivity contribution in [1.82, 2.24) is 4.57 Å². The molecule has 0 bridgehead atoms. The van der Waals surface area contributed by atoms with Crippen molar-refractivity contribution in [1.29, 1.82) is 0 Å². The summed E-state index contributed by atoms with van der Waals surface area (Å²) < 4.78 is 12.9. The van der Waals surface area contributed by atoms with Gasteiger partial charge in [-0.1, -0.05) is 23.7 Å². The fourth-order valence-corrected chi connectivity index (χ4v) is 3.43. The number of rotatable bonds is 8. The second-order valence-electron chi connectivity index (χ2n) is 6.39. The minimum Gasteiger partial charge on any atom is -0.493 e. The monoisotopic (exact) mass is 427 g/mol. The van der Waals surface area contributed by atoms with Gasteiger partial charge in [-0.3, -0.25) is 0 Å². The fourth-order valence-electron chi connectivity index (χ4n) is 3.24. The molecule has 2 N–H and O–H groups in total. The van der Waals surface area contributed by atoms with E-state index in [9.17, 15) is 9.90 Å². The Bertz CT molecular complexity index is 1070. The van der Waals surface area contributed by atoms with Gasteiger partial charge in [-0.2, -0.15) is 0 Å². The highest BCUT2D eigenvalue weighted by Crippen LogP contribution is 2.39. The van der Waals surface area contributed by atoms with E-state index in [0.717, 1.165) is 6.08 Å². The van der Waals surface area contributed by atoms with E-state index in [1.54, 1.807) is 66.4 Å². The van der Waals surface area contributed by atoms with Crippen LogP contribution in [0, 0.1) is 0 Å². The maximum atomic E-state index is 11.3. The summed E-state index contributed by atoms with van der Waals surface area (Å²) in [6.45, 7) is 2.26. The molecule has 0 aliphatic carbocycles. The number of aliphatic carboxylic acids is 1. The first-order valence-corrected chi connectivity index (χ1v) is 9.70. The topological polar surface area (TPSA) is 80.9 Å². The molecule has 0 aliphatic heterocycles. The van der Waals surface area contributed by atoms with Crippen LogP contribution in [0.3, 0.4) is 0 Å². The zero-order valence-corrected chi connectivity index (χ0v) is 17.3. The average Bonchev–Trinajstić information content (AvgIpc) is 3.20. The van der Waals surface area contributed by atoms with Crippen LogP contribution >= 0.6 is 11.6 Å². The number of hydrogen-bond donors (Lipinski definition) is 2. The Balaban J connectivity index is 2.15. The van der Waals surface area contributed by atoms with Gasteiger partial charge in [0.1, 0.15) is 6.10 Å². The van der Waals surface area contributed by atoms with Crippen molar-refractivity contribution >= 4 is 23.6 Å². The number of carbonyl (C=O) groups is 1. The third-order valence-corrected chi connectivity index (χ3v) is 4.77. The van der Waals surface area contributed by atoms with E-state index < -0.39 is 12.1 Å². The lowest BCUT2D eigenvalue weighted by Gasteiger charge is -2.21. The molecule has 0 fully saturated rings. The number of aliphatic hydroxyl groups excluding tert-OH is 1. The van der Waals surface area contributed by atoms with Gasteiger partial charge in [-0.25, -0.2) is 4.79 Å². The molecule has 0 spiro atoms. The quantitative estimate of drug-likeness (QED) is 0.508. The Morgan fingerprint density at radius 3 is 2.70 bits per heavy atom. The maximum Gasteiger partial charge on any atom is 0.328 e. The van der Waals surface area contributed by atoms with Crippen molar-refractivity contribution in [2.45, 2.75) is 13.0 Å². The van der Waals surface area contributed by atoms with Crippen LogP contribution in [-0.4, -0.2) is 34.5 Å². The predicted octanol–water partition coefficient (Wildman–Crippen LogP) is 4.72. The van der Waals surface area contributed by atoms with E-state index in [1.807, 2.05) is 6.92 Å². The number of ether oxygens (including phenoxy) is 2. The number of carboxylic acid groups (broad SMARTS) is 1. The smallest absolute Gasteiger partial charge is 0.328 e. The number of aliphatic hydroxyl groups is 1. The molecule has 0 saturated heterocycles. The number of halogens is 1. The van der Waals surface area contributed by atoms with Crippen molar-refractivity contribution in [2.24, 2.45) is 0 Å². The van der Waals surface area contributed by atoms with E-state index in [4.69, 9.17) is 26.2 Å². The molecule has 156 valence electrons. The summed E-state index contributed by atoms with van der Waals surface area (Å²) in [5, 5.41) is 20.7. The molecule has 30 heavy (non-hydrogen) atoms. The molecule has 3 rings (SSSR count). The Labute approximate surface area is 179 Å². The number of aromatic nitrogens is 1. The van der Waals surface area contributed by atoms with Crippen LogP contribution in [-0.2, 0) is 4.79 Å². The van der Waals surface area contributed by atoms with Crippen molar-refractivity contribution < 1.29 is 24.5 Å². The summed E-state index contributed by atoms with van der Waals surface area (Å²) in [6, 6.07) is 14.1. The number of methoxy groups -OCH3 is 1. The Morgan fingerprint density at radius 1 is 1.20 bits per heavy atom. The molecule has 1 heterocycles. The van der Waals surface area contributed by atoms with Gasteiger partial charge < -0.3 is 24.3 Å². The van der Waals surface area contributed by atoms with Crippen LogP contribution < -0.4 is 9.47 Å². The highest BCUT2D eigenvalue weighted by Gasteiger charge is 2.23. The van der Waals surface area contributed by atoms with Crippen LogP contribution in [0.2, 0.25) is 5.02 Å². The fraction of sp³-hybridized carbons (Fsp3) is 0.174. The van der Waals surface area contributed by atoms with E-state index in [0.29, 0.717) is 45.6 Å². The van der Waals surface area contributed by atoms with Crippen LogP contribution in [0.1, 0.15) is 29.8 Å². The maximum absolute atomic E-state index is 11.3. The molecular weight excluding hydrogens is 406 g/mol. The third-order valence-electron chi connectivity index (χ3n) is 4.53. The van der Waals surface area contributed by atoms with Gasteiger partial charge in [0, 0.05) is 34.1 Å². The first-order valence-electron chi connectivity index (χ1n) is 9.32. The van der Waals surface area contributed by atoms with E-state index in [1.165, 1.54) is 6.08 Å². The van der Waals surface area contributed by atoms with E-state index in [-0.39, 0.29) is 0 Å². The molecule has 1 aromatic heterocycles. The Morgan fingerprint density at radius 2 is 2.00 bits per heavy atom. The molecule has 0 aliphatic rings. The van der Waals surface area contributed by atoms with Crippen molar-refractivity contribution in [3.8, 4) is 17.2 Å². The number of para-hydroxylation sites is 1. The van der Waals surface area contributed by atoms with Crippen molar-refractivity contribution in [3.05, 3.63) is 82.6 Å². The standard InChI is InChI=1S/C23H22ClNO5/c1-3-30-23-17(7-4-8-20(23)29-2)22(28)18-14-15(24)9-11-19(18)25-13-5-6-16(25)10-12-21(26)27/h4-14,22,28H,3H2,1-2H3,(H,26,27)/b12-10+. The zero-order chi connectivity index (χ0) is 21.7. The molecule has 1 unspecified atom stereocenters. The van der Waals surface area contributed by atoms with Gasteiger partial charge in [0.05, 0.1) is 19.4 Å². The molecule has 0 saturated carbocycles. The largest absolute Gasteiger partial charge is 0.493 e. The van der Waals surface area contributed by atoms with Crippen LogP contribution in [0.25, 0.3) is 11.8 Å². The first-order chi connectivity index (χ1) is 14.5. The Hall–Kier alpha value is -3.22. The van der Waals surface area contributed by atoms with Gasteiger partial charge in [0.25, 0.3) is 0 Å². The second kappa shape index (κ2) is 9.52. The number of carboxylic acids is 1. The molecule has 2 aromatic carbocycles. The third kappa shape index (κ3) is 4.50. The molecule has 1 atom stereocenters. The molecule has 0 amide bonds. The van der Waals surface area contributed by atoms with E-state index >= 15 is 0 Å². The molecular formula is C23H22ClNO5. The summed E-state index contributed by atoms with van der Waals surface area (Å²) >= 11 is 6.24. The summed E-state index contributed by atoms with van der Waals surface area (Å²) in [7, 11) is 1.54. The number of benzene rings is 2. The zero-order valence-electron chi connectivity index (χ0n) is 16.6. The highest BCUT2D eigenvalue weighted by molar-refractivity contribution is 6.30. The summed E-state index contributed by atoms with van der Waals surface area (Å²) in [5.41, 5.74) is 2.38. The van der Waals surface area contributed by atoms with Crippen molar-refractivity contribution in [2.75, 3.05) is 13.7 Å². The second-order valence-corrected chi connectivity index (χ2v) is 6.83. The summed E-state index contributed by atoms with van der Waals surface area (Å²) in [5.74, 6) is -0.0701. The molecule has 0 radical (unpaired) electrons. The SMILES string of the molecule is CCOc1c(OC)cccc1C(O)c1cc(Cl)ccc1-n1cccc1/C=C/C(=O)O. The average molecular weight is 428 g/mol. The first kappa shape index (κ1) is 21.5. The summed E-state index contributed by atoms with van der Waals surface area (Å²) in [4.78, 5) is 10.9. The van der Waals surface area contributed by atoms with E-state index in [2.05, 4.69) is 0 Å². The normalized spacial score (nSPS) is 12.1. The van der Waals surface area contributed by atoms with Gasteiger partial charge in [0.2, 0.25) is 0 Å². The minimum atomic E-state index is -1.06. The summed E-state index contributed by atoms with van der Waals surface area (Å²) in [6.07, 6.45) is 3.28. The van der Waals surface area contributed by atoms with Gasteiger partial charge >= 0.3 is 5.97 Å². The lowest BCUT2D eigenvalue weighted by Crippen LogP contribution is -2.09. The van der Waals surface area contributed by atoms with Gasteiger partial charge in [-0.05, 0) is 49.4 Å². The van der Waals surface area contributed by atoms with Crippen LogP contribution in [0.5, 0.6) is 11.5 Å². The highest BCUT2D eigenvalue weighted by atomic mass is 35.5. The molecule has 6 nitrogen and oxygen atoms in total.